The summed E-state index contributed by atoms with van der Waals surface area (Å²) >= 11 is 0. The summed E-state index contributed by atoms with van der Waals surface area (Å²) in [5, 5.41) is 11.5. The zero-order chi connectivity index (χ0) is 7.11. The number of hydrogen-bond donors (Lipinski definition) is 3. The minimum absolute atomic E-state index is 0.438. The average molecular weight is 128 g/mol. The molecule has 0 aliphatic heterocycles. The Kier molecular flexibility index (Phi) is 5.61. The van der Waals surface area contributed by atoms with Crippen molar-refractivity contribution in [3.05, 3.63) is 12.2 Å². The van der Waals surface area contributed by atoms with Crippen LogP contribution in [0.1, 0.15) is 0 Å². The van der Waals surface area contributed by atoms with Crippen LogP contribution in [0.3, 0.4) is 0 Å². The lowest BCUT2D eigenvalue weighted by atomic mass is 9.89. The maximum absolute atomic E-state index is 8.68. The Balaban J connectivity index is 2.99. The van der Waals surface area contributed by atoms with Gasteiger partial charge in [-0.2, -0.15) is 0 Å². The SMILES string of the molecule is CB(O)NC/C=C/CN. The number of nitrogens with two attached hydrogens (primary N) is 1. The highest BCUT2D eigenvalue weighted by molar-refractivity contribution is 6.45. The summed E-state index contributed by atoms with van der Waals surface area (Å²) in [4.78, 5) is 0. The summed E-state index contributed by atoms with van der Waals surface area (Å²) in [6.07, 6.45) is 3.72. The van der Waals surface area contributed by atoms with Gasteiger partial charge in [0.25, 0.3) is 0 Å². The van der Waals surface area contributed by atoms with Crippen molar-refractivity contribution in [1.82, 2.24) is 5.23 Å². The van der Waals surface area contributed by atoms with E-state index < -0.39 is 7.05 Å². The smallest absolute Gasteiger partial charge is 0.373 e. The van der Waals surface area contributed by atoms with E-state index in [0.29, 0.717) is 13.1 Å². The fourth-order valence-corrected chi connectivity index (χ4v) is 0.418. The molecule has 0 saturated carbocycles. The molecule has 0 heterocycles. The summed E-state index contributed by atoms with van der Waals surface area (Å²) in [6.45, 7) is 2.91. The lowest BCUT2D eigenvalue weighted by molar-refractivity contribution is 0.560. The van der Waals surface area contributed by atoms with Gasteiger partial charge in [0, 0.05) is 13.1 Å². The van der Waals surface area contributed by atoms with E-state index in [1.165, 1.54) is 0 Å². The van der Waals surface area contributed by atoms with Crippen LogP contribution in [0.2, 0.25) is 6.82 Å². The van der Waals surface area contributed by atoms with Crippen molar-refractivity contribution in [2.24, 2.45) is 5.73 Å². The van der Waals surface area contributed by atoms with Crippen molar-refractivity contribution in [3.63, 3.8) is 0 Å². The highest BCUT2D eigenvalue weighted by atomic mass is 16.2. The van der Waals surface area contributed by atoms with E-state index in [1.807, 2.05) is 12.2 Å². The monoisotopic (exact) mass is 128 g/mol. The summed E-state index contributed by atoms with van der Waals surface area (Å²) in [5.74, 6) is 0. The molecule has 9 heavy (non-hydrogen) atoms. The molecule has 3 nitrogen and oxygen atoms in total. The summed E-state index contributed by atoms with van der Waals surface area (Å²) < 4.78 is 0. The first-order valence-electron chi connectivity index (χ1n) is 3.04. The molecule has 0 aromatic rings. The maximum Gasteiger partial charge on any atom is 0.373 e. The van der Waals surface area contributed by atoms with Crippen LogP contribution in [0.4, 0.5) is 0 Å². The summed E-state index contributed by atoms with van der Waals surface area (Å²) in [5.41, 5.74) is 5.17. The Morgan fingerprint density at radius 2 is 2.33 bits per heavy atom. The van der Waals surface area contributed by atoms with E-state index in [1.54, 1.807) is 6.82 Å². The predicted molar refractivity (Wildman–Crippen MR) is 40.0 cm³/mol. The van der Waals surface area contributed by atoms with E-state index in [2.05, 4.69) is 5.23 Å². The molecule has 4 N–H and O–H groups in total. The third-order valence-corrected chi connectivity index (χ3v) is 0.834. The van der Waals surface area contributed by atoms with E-state index in [4.69, 9.17) is 10.8 Å². The van der Waals surface area contributed by atoms with E-state index in [0.717, 1.165) is 0 Å². The van der Waals surface area contributed by atoms with Gasteiger partial charge in [-0.3, -0.25) is 0 Å². The highest BCUT2D eigenvalue weighted by Crippen LogP contribution is 1.68. The van der Waals surface area contributed by atoms with Gasteiger partial charge in [-0.05, 0) is 6.82 Å². The molecular formula is C5H13BN2O. The molecule has 0 bridgehead atoms. The molecule has 0 fully saturated rings. The van der Waals surface area contributed by atoms with Crippen LogP contribution in [0.25, 0.3) is 0 Å². The highest BCUT2D eigenvalue weighted by Gasteiger charge is 1.95. The van der Waals surface area contributed by atoms with Gasteiger partial charge in [-0.25, -0.2) is 0 Å². The fraction of sp³-hybridized carbons (Fsp3) is 0.600. The Morgan fingerprint density at radius 1 is 1.67 bits per heavy atom. The maximum atomic E-state index is 8.68. The van der Waals surface area contributed by atoms with Crippen molar-refractivity contribution in [3.8, 4) is 0 Å². The normalized spacial score (nSPS) is 10.6. The standard InChI is InChI=1S/C5H13BN2O/c1-6(9)8-5-3-2-4-7/h2-3,8-9H,4-5,7H2,1H3/b3-2+. The topological polar surface area (TPSA) is 58.3 Å². The minimum Gasteiger partial charge on any atom is -0.437 e. The van der Waals surface area contributed by atoms with Gasteiger partial charge < -0.3 is 16.0 Å². The molecular weight excluding hydrogens is 115 g/mol. The number of hydrogen-bond acceptors (Lipinski definition) is 3. The molecule has 0 atom stereocenters. The van der Waals surface area contributed by atoms with Gasteiger partial charge in [0.05, 0.1) is 0 Å². The molecule has 0 rings (SSSR count). The van der Waals surface area contributed by atoms with Gasteiger partial charge >= 0.3 is 7.05 Å². The zero-order valence-corrected chi connectivity index (χ0v) is 5.67. The largest absolute Gasteiger partial charge is 0.437 e. The van der Waals surface area contributed by atoms with Crippen molar-refractivity contribution < 1.29 is 5.02 Å². The van der Waals surface area contributed by atoms with E-state index in [9.17, 15) is 0 Å². The molecule has 0 aliphatic carbocycles. The van der Waals surface area contributed by atoms with Gasteiger partial charge in [-0.1, -0.05) is 12.2 Å². The lowest BCUT2D eigenvalue weighted by Crippen LogP contribution is -2.30. The van der Waals surface area contributed by atoms with Crippen molar-refractivity contribution >= 4 is 7.05 Å². The average Bonchev–Trinajstić information content (AvgIpc) is 1.80. The third kappa shape index (κ3) is 7.68. The second-order valence-corrected chi connectivity index (χ2v) is 1.79. The van der Waals surface area contributed by atoms with Crippen LogP contribution in [-0.2, 0) is 0 Å². The molecule has 0 aromatic heterocycles. The first-order chi connectivity index (χ1) is 4.27. The van der Waals surface area contributed by atoms with Crippen LogP contribution < -0.4 is 11.0 Å². The molecule has 52 valence electrons. The first-order valence-corrected chi connectivity index (χ1v) is 3.04. The molecule has 0 radical (unpaired) electrons. The number of rotatable bonds is 4. The minimum atomic E-state index is -0.438. The van der Waals surface area contributed by atoms with Crippen molar-refractivity contribution in [2.75, 3.05) is 13.1 Å². The number of nitrogens with one attached hydrogen (secondary N) is 1. The van der Waals surface area contributed by atoms with E-state index >= 15 is 0 Å². The fourth-order valence-electron chi connectivity index (χ4n) is 0.418. The molecule has 4 heteroatoms. The van der Waals surface area contributed by atoms with Crippen molar-refractivity contribution in [1.29, 1.82) is 0 Å². The summed E-state index contributed by atoms with van der Waals surface area (Å²) in [7, 11) is -0.438. The third-order valence-electron chi connectivity index (χ3n) is 0.834. The quantitative estimate of drug-likeness (QED) is 0.343. The Labute approximate surface area is 56.1 Å². The second kappa shape index (κ2) is 5.82. The van der Waals surface area contributed by atoms with Crippen molar-refractivity contribution in [2.45, 2.75) is 6.82 Å². The van der Waals surface area contributed by atoms with Gasteiger partial charge in [0.1, 0.15) is 0 Å². The summed E-state index contributed by atoms with van der Waals surface area (Å²) in [6, 6.07) is 0. The second-order valence-electron chi connectivity index (χ2n) is 1.79. The van der Waals surface area contributed by atoms with Gasteiger partial charge in [0.15, 0.2) is 0 Å². The van der Waals surface area contributed by atoms with E-state index in [-0.39, 0.29) is 0 Å². The molecule has 0 amide bonds. The molecule has 0 aliphatic rings. The Bertz CT molecular complexity index is 85.0. The molecule has 0 spiro atoms. The van der Waals surface area contributed by atoms with Crippen LogP contribution in [0.15, 0.2) is 12.2 Å². The lowest BCUT2D eigenvalue weighted by Gasteiger charge is -1.96. The van der Waals surface area contributed by atoms with Crippen LogP contribution in [0, 0.1) is 0 Å². The van der Waals surface area contributed by atoms with Crippen LogP contribution in [-0.4, -0.2) is 25.2 Å². The Morgan fingerprint density at radius 3 is 2.78 bits per heavy atom. The first kappa shape index (κ1) is 8.68. The zero-order valence-electron chi connectivity index (χ0n) is 5.67. The Hall–Kier alpha value is -0.315. The van der Waals surface area contributed by atoms with Gasteiger partial charge in [0.2, 0.25) is 0 Å². The molecule has 0 saturated heterocycles. The predicted octanol–water partition coefficient (Wildman–Crippen LogP) is -0.799. The molecule has 0 aromatic carbocycles. The van der Waals surface area contributed by atoms with Crippen LogP contribution >= 0.6 is 0 Å². The van der Waals surface area contributed by atoms with Crippen LogP contribution in [0.5, 0.6) is 0 Å². The van der Waals surface area contributed by atoms with Gasteiger partial charge in [-0.15, -0.1) is 0 Å². The molecule has 0 unspecified atom stereocenters.